The van der Waals surface area contributed by atoms with E-state index in [-0.39, 0.29) is 4.83 Å². The van der Waals surface area contributed by atoms with Gasteiger partial charge in [0.15, 0.2) is 0 Å². The lowest BCUT2D eigenvalue weighted by Gasteiger charge is -2.26. The van der Waals surface area contributed by atoms with Crippen molar-refractivity contribution in [3.63, 3.8) is 0 Å². The zero-order chi connectivity index (χ0) is 12.3. The Kier molecular flexibility index (Phi) is 4.51. The van der Waals surface area contributed by atoms with Crippen LogP contribution >= 0.6 is 15.9 Å². The van der Waals surface area contributed by atoms with Crippen LogP contribution in [0.5, 0.6) is 0 Å². The lowest BCUT2D eigenvalue weighted by atomic mass is 9.94. The van der Waals surface area contributed by atoms with Gasteiger partial charge in [0.1, 0.15) is 11.6 Å². The Morgan fingerprint density at radius 1 is 1.41 bits per heavy atom. The molecule has 2 unspecified atom stereocenters. The molecule has 1 fully saturated rings. The van der Waals surface area contributed by atoms with E-state index in [9.17, 15) is 8.78 Å². The van der Waals surface area contributed by atoms with Crippen LogP contribution in [0.1, 0.15) is 18.4 Å². The molecule has 4 heteroatoms. The topological polar surface area (TPSA) is 9.23 Å². The first-order chi connectivity index (χ1) is 8.16. The number of hydrogen-bond acceptors (Lipinski definition) is 1. The molecule has 1 saturated heterocycles. The zero-order valence-electron chi connectivity index (χ0n) is 9.46. The Labute approximate surface area is 108 Å². The normalized spacial score (nSPS) is 22.4. The van der Waals surface area contributed by atoms with Gasteiger partial charge in [-0.3, -0.25) is 0 Å². The summed E-state index contributed by atoms with van der Waals surface area (Å²) in [5.74, 6) is -0.585. The minimum atomic E-state index is -0.529. The van der Waals surface area contributed by atoms with E-state index in [0.29, 0.717) is 17.9 Å². The third-order valence-corrected chi connectivity index (χ3v) is 4.21. The number of ether oxygens (including phenoxy) is 1. The van der Waals surface area contributed by atoms with Crippen LogP contribution in [0, 0.1) is 17.6 Å². The van der Waals surface area contributed by atoms with Crippen LogP contribution in [0.3, 0.4) is 0 Å². The molecular weight excluding hydrogens is 290 g/mol. The summed E-state index contributed by atoms with van der Waals surface area (Å²) in [6, 6.07) is 3.75. The molecule has 2 atom stereocenters. The van der Waals surface area contributed by atoms with Gasteiger partial charge in [0.25, 0.3) is 0 Å². The third kappa shape index (κ3) is 3.49. The molecule has 0 spiro atoms. The van der Waals surface area contributed by atoms with E-state index in [1.165, 1.54) is 12.1 Å². The molecule has 0 saturated carbocycles. The maximum Gasteiger partial charge on any atom is 0.129 e. The molecule has 1 aliphatic rings. The first kappa shape index (κ1) is 13.0. The van der Waals surface area contributed by atoms with E-state index in [0.717, 1.165) is 32.1 Å². The SMILES string of the molecule is Fc1ccc(CC(Br)C2CCCOC2)c(F)c1. The van der Waals surface area contributed by atoms with Crippen molar-refractivity contribution >= 4 is 15.9 Å². The van der Waals surface area contributed by atoms with Crippen molar-refractivity contribution in [2.24, 2.45) is 5.92 Å². The summed E-state index contributed by atoms with van der Waals surface area (Å²) in [6.45, 7) is 1.54. The second-order valence-electron chi connectivity index (χ2n) is 4.43. The highest BCUT2D eigenvalue weighted by molar-refractivity contribution is 9.09. The van der Waals surface area contributed by atoms with E-state index in [1.54, 1.807) is 0 Å². The Morgan fingerprint density at radius 2 is 2.24 bits per heavy atom. The van der Waals surface area contributed by atoms with Gasteiger partial charge in [-0.2, -0.15) is 0 Å². The molecule has 1 aromatic rings. The summed E-state index contributed by atoms with van der Waals surface area (Å²) in [5.41, 5.74) is 0.554. The standard InChI is InChI=1S/C13H15BrF2O/c14-12(10-2-1-5-17-8-10)6-9-3-4-11(15)7-13(9)16/h3-4,7,10,12H,1-2,5-6,8H2. The summed E-state index contributed by atoms with van der Waals surface area (Å²) in [6.07, 6.45) is 2.72. The van der Waals surface area contributed by atoms with Gasteiger partial charge >= 0.3 is 0 Å². The number of hydrogen-bond donors (Lipinski definition) is 0. The number of halogens is 3. The van der Waals surface area contributed by atoms with Gasteiger partial charge in [0.2, 0.25) is 0 Å². The number of benzene rings is 1. The first-order valence-corrected chi connectivity index (χ1v) is 6.74. The van der Waals surface area contributed by atoms with Crippen molar-refractivity contribution in [2.45, 2.75) is 24.1 Å². The summed E-state index contributed by atoms with van der Waals surface area (Å²) >= 11 is 3.59. The molecule has 2 rings (SSSR count). The van der Waals surface area contributed by atoms with E-state index >= 15 is 0 Å². The molecule has 0 N–H and O–H groups in total. The lowest BCUT2D eigenvalue weighted by molar-refractivity contribution is 0.0546. The van der Waals surface area contributed by atoms with Crippen LogP contribution in [-0.2, 0) is 11.2 Å². The monoisotopic (exact) mass is 304 g/mol. The largest absolute Gasteiger partial charge is 0.381 e. The summed E-state index contributed by atoms with van der Waals surface area (Å²) in [4.78, 5) is 0.183. The number of rotatable bonds is 3. The van der Waals surface area contributed by atoms with Crippen LogP contribution in [0.2, 0.25) is 0 Å². The number of alkyl halides is 1. The Hall–Kier alpha value is -0.480. The molecule has 17 heavy (non-hydrogen) atoms. The first-order valence-electron chi connectivity index (χ1n) is 5.82. The molecule has 1 aromatic carbocycles. The van der Waals surface area contributed by atoms with Gasteiger partial charge in [0, 0.05) is 17.5 Å². The Balaban J connectivity index is 1.99. The molecule has 0 amide bonds. The predicted octanol–water partition coefficient (Wildman–Crippen LogP) is 3.70. The van der Waals surface area contributed by atoms with Crippen molar-refractivity contribution < 1.29 is 13.5 Å². The Bertz CT molecular complexity index is 378. The van der Waals surface area contributed by atoms with Crippen molar-refractivity contribution in [3.05, 3.63) is 35.4 Å². The van der Waals surface area contributed by atoms with Gasteiger partial charge in [-0.25, -0.2) is 8.78 Å². The van der Waals surface area contributed by atoms with Crippen LogP contribution in [0.15, 0.2) is 18.2 Å². The Morgan fingerprint density at radius 3 is 2.88 bits per heavy atom. The highest BCUT2D eigenvalue weighted by atomic mass is 79.9. The average molecular weight is 305 g/mol. The summed E-state index contributed by atoms with van der Waals surface area (Å²) in [5, 5.41) is 0. The minimum Gasteiger partial charge on any atom is -0.381 e. The van der Waals surface area contributed by atoms with E-state index in [1.807, 2.05) is 0 Å². The predicted molar refractivity (Wildman–Crippen MR) is 66.3 cm³/mol. The smallest absolute Gasteiger partial charge is 0.129 e. The van der Waals surface area contributed by atoms with Crippen molar-refractivity contribution in [1.29, 1.82) is 0 Å². The van der Waals surface area contributed by atoms with Gasteiger partial charge in [-0.1, -0.05) is 22.0 Å². The van der Waals surface area contributed by atoms with Crippen molar-refractivity contribution in [3.8, 4) is 0 Å². The van der Waals surface area contributed by atoms with E-state index < -0.39 is 11.6 Å². The zero-order valence-corrected chi connectivity index (χ0v) is 11.1. The van der Waals surface area contributed by atoms with Gasteiger partial charge in [0.05, 0.1) is 6.61 Å². The minimum absolute atomic E-state index is 0.183. The molecule has 1 nitrogen and oxygen atoms in total. The van der Waals surface area contributed by atoms with Gasteiger partial charge in [-0.05, 0) is 36.8 Å². The maximum absolute atomic E-state index is 13.5. The van der Waals surface area contributed by atoms with Crippen LogP contribution < -0.4 is 0 Å². The molecule has 0 aromatic heterocycles. The molecule has 1 heterocycles. The van der Waals surface area contributed by atoms with Crippen molar-refractivity contribution in [2.75, 3.05) is 13.2 Å². The summed E-state index contributed by atoms with van der Waals surface area (Å²) in [7, 11) is 0. The van der Waals surface area contributed by atoms with Gasteiger partial charge in [-0.15, -0.1) is 0 Å². The lowest BCUT2D eigenvalue weighted by Crippen LogP contribution is -2.26. The molecule has 0 aliphatic carbocycles. The quantitative estimate of drug-likeness (QED) is 0.774. The van der Waals surface area contributed by atoms with E-state index in [4.69, 9.17) is 4.74 Å². The highest BCUT2D eigenvalue weighted by Crippen LogP contribution is 2.26. The van der Waals surface area contributed by atoms with Crippen LogP contribution in [-0.4, -0.2) is 18.0 Å². The molecule has 0 bridgehead atoms. The molecule has 94 valence electrons. The summed E-state index contributed by atoms with van der Waals surface area (Å²) < 4.78 is 31.7. The molecular formula is C13H15BrF2O. The van der Waals surface area contributed by atoms with Gasteiger partial charge < -0.3 is 4.74 Å². The van der Waals surface area contributed by atoms with Crippen LogP contribution in [0.4, 0.5) is 8.78 Å². The second kappa shape index (κ2) is 5.91. The fourth-order valence-corrected chi connectivity index (χ4v) is 2.88. The maximum atomic E-state index is 13.5. The fraction of sp³-hybridized carbons (Fsp3) is 0.538. The third-order valence-electron chi connectivity index (χ3n) is 3.14. The highest BCUT2D eigenvalue weighted by Gasteiger charge is 2.23. The molecule has 1 aliphatic heterocycles. The second-order valence-corrected chi connectivity index (χ2v) is 5.61. The average Bonchev–Trinajstić information content (AvgIpc) is 2.34. The fourth-order valence-electron chi connectivity index (χ4n) is 2.11. The molecule has 0 radical (unpaired) electrons. The van der Waals surface area contributed by atoms with Crippen LogP contribution in [0.25, 0.3) is 0 Å². The van der Waals surface area contributed by atoms with Crippen molar-refractivity contribution in [1.82, 2.24) is 0 Å². The van der Waals surface area contributed by atoms with E-state index in [2.05, 4.69) is 15.9 Å².